The third-order valence-electron chi connectivity index (χ3n) is 4.18. The normalized spacial score (nSPS) is 19.8. The van der Waals surface area contributed by atoms with Gasteiger partial charge in [0.05, 0.1) is 12.7 Å². The van der Waals surface area contributed by atoms with Crippen LogP contribution in [0.2, 0.25) is 0 Å². The van der Waals surface area contributed by atoms with Crippen LogP contribution >= 0.6 is 0 Å². The summed E-state index contributed by atoms with van der Waals surface area (Å²) in [6.07, 6.45) is 5.19. The molecule has 0 saturated carbocycles. The molecule has 1 saturated heterocycles. The van der Waals surface area contributed by atoms with E-state index in [9.17, 15) is 0 Å². The lowest BCUT2D eigenvalue weighted by molar-refractivity contribution is 0.0888. The fourth-order valence-corrected chi connectivity index (χ4v) is 2.98. The van der Waals surface area contributed by atoms with Crippen LogP contribution in [-0.4, -0.2) is 39.5 Å². The zero-order valence-corrected chi connectivity index (χ0v) is 13.4. The van der Waals surface area contributed by atoms with E-state index < -0.39 is 0 Å². The van der Waals surface area contributed by atoms with Crippen LogP contribution in [0.25, 0.3) is 0 Å². The van der Waals surface area contributed by atoms with Crippen molar-refractivity contribution < 1.29 is 9.47 Å². The van der Waals surface area contributed by atoms with Gasteiger partial charge in [-0.2, -0.15) is 0 Å². The summed E-state index contributed by atoms with van der Waals surface area (Å²) in [7, 11) is 1.75. The van der Waals surface area contributed by atoms with Crippen LogP contribution in [0.15, 0.2) is 24.3 Å². The fourth-order valence-electron chi connectivity index (χ4n) is 2.98. The van der Waals surface area contributed by atoms with E-state index in [4.69, 9.17) is 9.47 Å². The Labute approximate surface area is 129 Å². The lowest BCUT2D eigenvalue weighted by Crippen LogP contribution is -2.29. The van der Waals surface area contributed by atoms with Crippen molar-refractivity contribution in [3.8, 4) is 0 Å². The highest BCUT2D eigenvalue weighted by Crippen LogP contribution is 2.22. The van der Waals surface area contributed by atoms with Crippen LogP contribution in [0.5, 0.6) is 0 Å². The molecule has 2 unspecified atom stereocenters. The molecule has 1 aliphatic rings. The maximum Gasteiger partial charge on any atom is 0.0587 e. The molecule has 1 aromatic rings. The Morgan fingerprint density at radius 1 is 1.33 bits per heavy atom. The van der Waals surface area contributed by atoms with E-state index in [1.807, 2.05) is 0 Å². The van der Waals surface area contributed by atoms with Gasteiger partial charge in [-0.05, 0) is 50.6 Å². The zero-order chi connectivity index (χ0) is 14.9. The Morgan fingerprint density at radius 3 is 2.81 bits per heavy atom. The van der Waals surface area contributed by atoms with Crippen molar-refractivity contribution in [1.82, 2.24) is 5.32 Å². The highest BCUT2D eigenvalue weighted by molar-refractivity contribution is 5.21. The highest BCUT2D eigenvalue weighted by Gasteiger charge is 2.21. The summed E-state index contributed by atoms with van der Waals surface area (Å²) in [6.45, 7) is 5.82. The lowest BCUT2D eigenvalue weighted by atomic mass is 9.92. The first-order valence-electron chi connectivity index (χ1n) is 8.14. The number of ether oxygens (including phenoxy) is 2. The molecular formula is C18H29NO2. The van der Waals surface area contributed by atoms with Gasteiger partial charge in [0.2, 0.25) is 0 Å². The highest BCUT2D eigenvalue weighted by atomic mass is 16.5. The maximum atomic E-state index is 5.82. The molecule has 118 valence electrons. The van der Waals surface area contributed by atoms with Gasteiger partial charge in [-0.3, -0.25) is 0 Å². The number of hydrogen-bond acceptors (Lipinski definition) is 3. The predicted octanol–water partition coefficient (Wildman–Crippen LogP) is 2.96. The van der Waals surface area contributed by atoms with E-state index >= 15 is 0 Å². The van der Waals surface area contributed by atoms with Gasteiger partial charge in [-0.15, -0.1) is 0 Å². The Kier molecular flexibility index (Phi) is 7.20. The van der Waals surface area contributed by atoms with Crippen molar-refractivity contribution in [2.45, 2.75) is 38.7 Å². The molecule has 3 nitrogen and oxygen atoms in total. The number of methoxy groups -OCH3 is 1. The average Bonchev–Trinajstić information content (AvgIpc) is 2.99. The molecule has 0 aromatic heterocycles. The van der Waals surface area contributed by atoms with Gasteiger partial charge in [-0.25, -0.2) is 0 Å². The van der Waals surface area contributed by atoms with Crippen molar-refractivity contribution in [2.75, 3.05) is 33.4 Å². The number of hydrogen-bond donors (Lipinski definition) is 1. The number of nitrogens with one attached hydrogen (secondary N) is 1. The van der Waals surface area contributed by atoms with E-state index in [-0.39, 0.29) is 0 Å². The summed E-state index contributed by atoms with van der Waals surface area (Å²) in [5, 5.41) is 3.51. The first-order valence-corrected chi connectivity index (χ1v) is 8.14. The molecule has 1 fully saturated rings. The van der Waals surface area contributed by atoms with Crippen molar-refractivity contribution >= 4 is 0 Å². The molecule has 1 aromatic carbocycles. The lowest BCUT2D eigenvalue weighted by Gasteiger charge is -2.21. The molecule has 3 heteroatoms. The molecule has 1 aliphatic heterocycles. The van der Waals surface area contributed by atoms with Crippen molar-refractivity contribution in [3.05, 3.63) is 35.4 Å². The topological polar surface area (TPSA) is 30.5 Å². The van der Waals surface area contributed by atoms with E-state index in [0.717, 1.165) is 39.1 Å². The summed E-state index contributed by atoms with van der Waals surface area (Å²) in [6, 6.07) is 8.92. The number of aryl methyl sites for hydroxylation is 1. The van der Waals surface area contributed by atoms with E-state index in [0.29, 0.717) is 12.0 Å². The molecule has 0 aliphatic carbocycles. The van der Waals surface area contributed by atoms with Gasteiger partial charge < -0.3 is 14.8 Å². The quantitative estimate of drug-likeness (QED) is 0.710. The molecule has 0 spiro atoms. The molecule has 2 atom stereocenters. The van der Waals surface area contributed by atoms with E-state index in [2.05, 4.69) is 36.5 Å². The first kappa shape index (κ1) is 16.5. The number of benzene rings is 1. The predicted molar refractivity (Wildman–Crippen MR) is 86.7 cm³/mol. The summed E-state index contributed by atoms with van der Waals surface area (Å²) >= 11 is 0. The smallest absolute Gasteiger partial charge is 0.0587 e. The van der Waals surface area contributed by atoms with Gasteiger partial charge >= 0.3 is 0 Å². The van der Waals surface area contributed by atoms with Gasteiger partial charge in [0.15, 0.2) is 0 Å². The summed E-state index contributed by atoms with van der Waals surface area (Å²) in [5.41, 5.74) is 2.75. The standard InChI is InChI=1S/C18H29NO2/c1-15-5-7-16(8-6-15)12-17(14-19-9-11-20-2)13-18-4-3-10-21-18/h5-8,17-19H,3-4,9-14H2,1-2H3. The van der Waals surface area contributed by atoms with E-state index in [1.54, 1.807) is 7.11 Å². The number of rotatable bonds is 9. The second-order valence-electron chi connectivity index (χ2n) is 6.12. The van der Waals surface area contributed by atoms with Crippen LogP contribution in [-0.2, 0) is 15.9 Å². The molecule has 21 heavy (non-hydrogen) atoms. The largest absolute Gasteiger partial charge is 0.383 e. The Bertz CT molecular complexity index is 385. The van der Waals surface area contributed by atoms with Gasteiger partial charge in [0, 0.05) is 20.3 Å². The summed E-state index contributed by atoms with van der Waals surface area (Å²) in [5.74, 6) is 0.632. The van der Waals surface area contributed by atoms with Gasteiger partial charge in [0.25, 0.3) is 0 Å². The molecule has 1 heterocycles. The van der Waals surface area contributed by atoms with Crippen LogP contribution < -0.4 is 5.32 Å². The SMILES string of the molecule is COCCNCC(Cc1ccc(C)cc1)CC1CCCO1. The first-order chi connectivity index (χ1) is 10.3. The van der Waals surface area contributed by atoms with Crippen molar-refractivity contribution in [1.29, 1.82) is 0 Å². The monoisotopic (exact) mass is 291 g/mol. The molecule has 0 radical (unpaired) electrons. The Hall–Kier alpha value is -0.900. The molecule has 1 N–H and O–H groups in total. The minimum Gasteiger partial charge on any atom is -0.383 e. The van der Waals surface area contributed by atoms with Crippen LogP contribution in [0.1, 0.15) is 30.4 Å². The minimum atomic E-state index is 0.463. The third kappa shape index (κ3) is 6.16. The van der Waals surface area contributed by atoms with Gasteiger partial charge in [-0.1, -0.05) is 29.8 Å². The molecule has 0 amide bonds. The zero-order valence-electron chi connectivity index (χ0n) is 13.4. The molecule has 2 rings (SSSR count). The summed E-state index contributed by atoms with van der Waals surface area (Å²) < 4.78 is 10.9. The summed E-state index contributed by atoms with van der Waals surface area (Å²) in [4.78, 5) is 0. The molecular weight excluding hydrogens is 262 g/mol. The van der Waals surface area contributed by atoms with Crippen molar-refractivity contribution in [2.24, 2.45) is 5.92 Å². The maximum absolute atomic E-state index is 5.82. The Morgan fingerprint density at radius 2 is 2.14 bits per heavy atom. The average molecular weight is 291 g/mol. The van der Waals surface area contributed by atoms with Gasteiger partial charge in [0.1, 0.15) is 0 Å². The molecule has 0 bridgehead atoms. The third-order valence-corrected chi connectivity index (χ3v) is 4.18. The fraction of sp³-hybridized carbons (Fsp3) is 0.667. The van der Waals surface area contributed by atoms with Crippen LogP contribution in [0.4, 0.5) is 0 Å². The second kappa shape index (κ2) is 9.19. The minimum absolute atomic E-state index is 0.463. The van der Waals surface area contributed by atoms with Crippen molar-refractivity contribution in [3.63, 3.8) is 0 Å². The second-order valence-corrected chi connectivity index (χ2v) is 6.12. The Balaban J connectivity index is 1.85. The van der Waals surface area contributed by atoms with E-state index in [1.165, 1.54) is 24.0 Å². The van der Waals surface area contributed by atoms with Crippen LogP contribution in [0, 0.1) is 12.8 Å². The van der Waals surface area contributed by atoms with Crippen LogP contribution in [0.3, 0.4) is 0 Å².